The lowest BCUT2D eigenvalue weighted by Gasteiger charge is -2.04. The van der Waals surface area contributed by atoms with Crippen LogP contribution in [-0.2, 0) is 11.2 Å². The average Bonchev–Trinajstić information content (AvgIpc) is 3.01. The van der Waals surface area contributed by atoms with Crippen LogP contribution in [0.1, 0.15) is 12.2 Å². The molecule has 1 amide bonds. The molecule has 0 aliphatic rings. The summed E-state index contributed by atoms with van der Waals surface area (Å²) >= 11 is 1.75. The highest BCUT2D eigenvalue weighted by Gasteiger charge is 2.06. The number of fused-ring (bicyclic) bond motifs is 1. The molecule has 3 aromatic rings. The number of H-pyrrole nitrogens is 1. The van der Waals surface area contributed by atoms with Gasteiger partial charge in [0.1, 0.15) is 5.82 Å². The topological polar surface area (TPSA) is 57.8 Å². The molecule has 0 saturated heterocycles. The number of hydrogen-bond donors (Lipinski definition) is 2. The van der Waals surface area contributed by atoms with Crippen LogP contribution in [-0.4, -0.2) is 28.2 Å². The Morgan fingerprint density at radius 2 is 1.87 bits per heavy atom. The average molecular weight is 325 g/mol. The minimum atomic E-state index is 0.0686. The van der Waals surface area contributed by atoms with Crippen molar-refractivity contribution in [3.05, 3.63) is 60.4 Å². The number of aromatic nitrogens is 2. The Kier molecular flexibility index (Phi) is 5.32. The molecule has 0 spiro atoms. The summed E-state index contributed by atoms with van der Waals surface area (Å²) in [5, 5.41) is 2.96. The second kappa shape index (κ2) is 7.83. The number of aryl methyl sites for hydroxylation is 1. The number of amides is 1. The maximum absolute atomic E-state index is 11.9. The van der Waals surface area contributed by atoms with Gasteiger partial charge in [0, 0.05) is 30.0 Å². The summed E-state index contributed by atoms with van der Waals surface area (Å²) in [6, 6.07) is 18.1. The van der Waals surface area contributed by atoms with Crippen LogP contribution in [0.15, 0.2) is 59.5 Å². The molecule has 0 bridgehead atoms. The highest BCUT2D eigenvalue weighted by Crippen LogP contribution is 2.15. The SMILES string of the molecule is O=C(CCc1nc2ccccc2[nH]1)NCCSc1ccccc1. The van der Waals surface area contributed by atoms with Crippen molar-refractivity contribution in [1.82, 2.24) is 15.3 Å². The number of aromatic amines is 1. The third-order valence-corrected chi connectivity index (χ3v) is 4.48. The lowest BCUT2D eigenvalue weighted by molar-refractivity contribution is -0.120. The van der Waals surface area contributed by atoms with Crippen LogP contribution in [0.3, 0.4) is 0 Å². The molecular formula is C18H19N3OS. The molecular weight excluding hydrogens is 306 g/mol. The van der Waals surface area contributed by atoms with Crippen molar-refractivity contribution < 1.29 is 4.79 Å². The maximum Gasteiger partial charge on any atom is 0.220 e. The Bertz CT molecular complexity index is 737. The Morgan fingerprint density at radius 3 is 2.70 bits per heavy atom. The fraction of sp³-hybridized carbons (Fsp3) is 0.222. The molecule has 0 radical (unpaired) electrons. The van der Waals surface area contributed by atoms with E-state index in [0.29, 0.717) is 19.4 Å². The van der Waals surface area contributed by atoms with Crippen LogP contribution >= 0.6 is 11.8 Å². The van der Waals surface area contributed by atoms with Crippen LogP contribution in [0.5, 0.6) is 0 Å². The predicted molar refractivity (Wildman–Crippen MR) is 94.6 cm³/mol. The van der Waals surface area contributed by atoms with Crippen LogP contribution in [0.2, 0.25) is 0 Å². The number of carbonyl (C=O) groups excluding carboxylic acids is 1. The van der Waals surface area contributed by atoms with Gasteiger partial charge in [-0.1, -0.05) is 30.3 Å². The number of benzene rings is 2. The molecule has 0 aliphatic carbocycles. The van der Waals surface area contributed by atoms with E-state index in [1.54, 1.807) is 11.8 Å². The summed E-state index contributed by atoms with van der Waals surface area (Å²) in [4.78, 5) is 20.8. The maximum atomic E-state index is 11.9. The standard InChI is InChI=1S/C18H19N3OS/c22-18(19-12-13-23-14-6-2-1-3-7-14)11-10-17-20-15-8-4-5-9-16(15)21-17/h1-9H,10-13H2,(H,19,22)(H,20,21). The van der Waals surface area contributed by atoms with Gasteiger partial charge in [0.05, 0.1) is 11.0 Å². The molecule has 118 valence electrons. The highest BCUT2D eigenvalue weighted by molar-refractivity contribution is 7.99. The van der Waals surface area contributed by atoms with E-state index in [0.717, 1.165) is 22.6 Å². The minimum Gasteiger partial charge on any atom is -0.355 e. The van der Waals surface area contributed by atoms with Gasteiger partial charge in [-0.25, -0.2) is 4.98 Å². The number of carbonyl (C=O) groups is 1. The number of nitrogens with one attached hydrogen (secondary N) is 2. The number of thioether (sulfide) groups is 1. The van der Waals surface area contributed by atoms with Crippen molar-refractivity contribution in [1.29, 1.82) is 0 Å². The fourth-order valence-corrected chi connectivity index (χ4v) is 3.11. The molecule has 5 heteroatoms. The van der Waals surface area contributed by atoms with Gasteiger partial charge in [-0.3, -0.25) is 4.79 Å². The first-order chi connectivity index (χ1) is 11.3. The Labute approximate surface area is 139 Å². The number of rotatable bonds is 7. The molecule has 1 aromatic heterocycles. The third kappa shape index (κ3) is 4.60. The van der Waals surface area contributed by atoms with Crippen LogP contribution < -0.4 is 5.32 Å². The number of nitrogens with zero attached hydrogens (tertiary/aromatic N) is 1. The van der Waals surface area contributed by atoms with Crippen molar-refractivity contribution in [2.75, 3.05) is 12.3 Å². The monoisotopic (exact) mass is 325 g/mol. The lowest BCUT2D eigenvalue weighted by Crippen LogP contribution is -2.26. The molecule has 23 heavy (non-hydrogen) atoms. The first-order valence-corrected chi connectivity index (χ1v) is 8.68. The van der Waals surface area contributed by atoms with E-state index < -0.39 is 0 Å². The van der Waals surface area contributed by atoms with Gasteiger partial charge in [0.25, 0.3) is 0 Å². The van der Waals surface area contributed by atoms with Gasteiger partial charge < -0.3 is 10.3 Å². The normalized spacial score (nSPS) is 10.8. The quantitative estimate of drug-likeness (QED) is 0.517. The molecule has 2 N–H and O–H groups in total. The molecule has 3 rings (SSSR count). The van der Waals surface area contributed by atoms with Gasteiger partial charge in [0.2, 0.25) is 5.91 Å². The first kappa shape index (κ1) is 15.6. The fourth-order valence-electron chi connectivity index (χ4n) is 2.32. The second-order valence-corrected chi connectivity index (χ2v) is 6.38. The minimum absolute atomic E-state index is 0.0686. The van der Waals surface area contributed by atoms with E-state index in [9.17, 15) is 4.79 Å². The molecule has 0 saturated carbocycles. The Balaban J connectivity index is 1.38. The molecule has 0 atom stereocenters. The largest absolute Gasteiger partial charge is 0.355 e. The zero-order chi connectivity index (χ0) is 15.9. The Hall–Kier alpha value is -2.27. The van der Waals surface area contributed by atoms with Gasteiger partial charge in [-0.05, 0) is 24.3 Å². The van der Waals surface area contributed by atoms with Crippen molar-refractivity contribution in [3.63, 3.8) is 0 Å². The molecule has 2 aromatic carbocycles. The summed E-state index contributed by atoms with van der Waals surface area (Å²) in [5.41, 5.74) is 1.96. The van der Waals surface area contributed by atoms with Gasteiger partial charge in [0.15, 0.2) is 0 Å². The zero-order valence-corrected chi connectivity index (χ0v) is 13.6. The molecule has 1 heterocycles. The van der Waals surface area contributed by atoms with E-state index in [4.69, 9.17) is 0 Å². The van der Waals surface area contributed by atoms with Crippen molar-refractivity contribution in [2.45, 2.75) is 17.7 Å². The number of para-hydroxylation sites is 2. The van der Waals surface area contributed by atoms with Gasteiger partial charge in [-0.15, -0.1) is 11.8 Å². The summed E-state index contributed by atoms with van der Waals surface area (Å²) in [7, 11) is 0. The lowest BCUT2D eigenvalue weighted by atomic mass is 10.3. The molecule has 4 nitrogen and oxygen atoms in total. The van der Waals surface area contributed by atoms with Gasteiger partial charge >= 0.3 is 0 Å². The van der Waals surface area contributed by atoms with Crippen molar-refractivity contribution >= 4 is 28.7 Å². The zero-order valence-electron chi connectivity index (χ0n) is 12.8. The van der Waals surface area contributed by atoms with E-state index in [1.165, 1.54) is 4.90 Å². The van der Waals surface area contributed by atoms with Crippen LogP contribution in [0.25, 0.3) is 11.0 Å². The van der Waals surface area contributed by atoms with Gasteiger partial charge in [-0.2, -0.15) is 0 Å². The molecule has 0 unspecified atom stereocenters. The molecule has 0 aliphatic heterocycles. The van der Waals surface area contributed by atoms with Crippen LogP contribution in [0.4, 0.5) is 0 Å². The highest BCUT2D eigenvalue weighted by atomic mass is 32.2. The van der Waals surface area contributed by atoms with E-state index in [2.05, 4.69) is 27.4 Å². The van der Waals surface area contributed by atoms with Crippen molar-refractivity contribution in [2.24, 2.45) is 0 Å². The second-order valence-electron chi connectivity index (χ2n) is 5.21. The first-order valence-electron chi connectivity index (χ1n) is 7.69. The summed E-state index contributed by atoms with van der Waals surface area (Å²) in [5.74, 6) is 1.81. The van der Waals surface area contributed by atoms with Crippen LogP contribution in [0, 0.1) is 0 Å². The summed E-state index contributed by atoms with van der Waals surface area (Å²) < 4.78 is 0. The number of imidazole rings is 1. The molecule has 0 fully saturated rings. The van der Waals surface area contributed by atoms with E-state index in [1.807, 2.05) is 42.5 Å². The number of hydrogen-bond acceptors (Lipinski definition) is 3. The third-order valence-electron chi connectivity index (χ3n) is 3.46. The smallest absolute Gasteiger partial charge is 0.220 e. The van der Waals surface area contributed by atoms with E-state index >= 15 is 0 Å². The summed E-state index contributed by atoms with van der Waals surface area (Å²) in [6.45, 7) is 0.679. The van der Waals surface area contributed by atoms with E-state index in [-0.39, 0.29) is 5.91 Å². The predicted octanol–water partition coefficient (Wildman–Crippen LogP) is 3.40. The Morgan fingerprint density at radius 1 is 1.09 bits per heavy atom. The van der Waals surface area contributed by atoms with Crippen molar-refractivity contribution in [3.8, 4) is 0 Å². The summed E-state index contributed by atoms with van der Waals surface area (Å²) in [6.07, 6.45) is 1.09.